The molecule has 0 radical (unpaired) electrons. The number of fused-ring (bicyclic) bond motifs is 1. The van der Waals surface area contributed by atoms with Crippen molar-refractivity contribution < 1.29 is 8.42 Å². The molecule has 7 heteroatoms. The van der Waals surface area contributed by atoms with Crippen LogP contribution in [0.3, 0.4) is 0 Å². The lowest BCUT2D eigenvalue weighted by Crippen LogP contribution is -2.24. The van der Waals surface area contributed by atoms with E-state index in [-0.39, 0.29) is 4.90 Å². The Hall–Kier alpha value is -1.50. The van der Waals surface area contributed by atoms with Crippen LogP contribution in [-0.2, 0) is 15.8 Å². The van der Waals surface area contributed by atoms with Gasteiger partial charge in [-0.3, -0.25) is 4.72 Å². The number of sulfonamides is 1. The maximum atomic E-state index is 12.0. The Morgan fingerprint density at radius 3 is 2.71 bits per heavy atom. The molecule has 108 valence electrons. The third-order valence-electron chi connectivity index (χ3n) is 2.95. The maximum Gasteiger partial charge on any atom is 0.264 e. The first kappa shape index (κ1) is 14.4. The summed E-state index contributed by atoms with van der Waals surface area (Å²) in [4.78, 5) is 4.88. The number of thioether (sulfide) groups is 1. The van der Waals surface area contributed by atoms with E-state index in [0.29, 0.717) is 10.7 Å². The van der Waals surface area contributed by atoms with Crippen LogP contribution in [0, 0.1) is 0 Å². The molecule has 0 aliphatic carbocycles. The molecule has 2 aromatic carbocycles. The van der Waals surface area contributed by atoms with Gasteiger partial charge < -0.3 is 0 Å². The number of nitrogens with one attached hydrogen (secondary N) is 1. The molecule has 0 amide bonds. The van der Waals surface area contributed by atoms with Gasteiger partial charge in [-0.2, -0.15) is 0 Å². The smallest absolute Gasteiger partial charge is 0.264 e. The van der Waals surface area contributed by atoms with E-state index < -0.39 is 10.0 Å². The fraction of sp³-hybridized carbons (Fsp3) is 0.0714. The zero-order chi connectivity index (χ0) is 14.9. The van der Waals surface area contributed by atoms with Gasteiger partial charge in [0.15, 0.2) is 0 Å². The summed E-state index contributed by atoms with van der Waals surface area (Å²) in [5, 5.41) is 0.504. The molecular formula is C14H11ClN2O2S2. The highest BCUT2D eigenvalue weighted by Gasteiger charge is 2.22. The van der Waals surface area contributed by atoms with Crippen LogP contribution >= 0.6 is 23.4 Å². The van der Waals surface area contributed by atoms with Gasteiger partial charge in [0.05, 0.1) is 10.7 Å². The van der Waals surface area contributed by atoms with Crippen LogP contribution < -0.4 is 4.72 Å². The number of halogens is 1. The summed E-state index contributed by atoms with van der Waals surface area (Å²) >= 11 is 7.71. The highest BCUT2D eigenvalue weighted by Crippen LogP contribution is 2.37. The van der Waals surface area contributed by atoms with Gasteiger partial charge in [0.1, 0.15) is 11.2 Å². The van der Waals surface area contributed by atoms with E-state index in [9.17, 15) is 8.42 Å². The molecule has 21 heavy (non-hydrogen) atoms. The molecule has 0 fully saturated rings. The summed E-state index contributed by atoms with van der Waals surface area (Å²) in [6, 6.07) is 13.1. The van der Waals surface area contributed by atoms with Crippen molar-refractivity contribution in [2.45, 2.75) is 15.5 Å². The predicted molar refractivity (Wildman–Crippen MR) is 85.9 cm³/mol. The SMILES string of the molecule is O=S1(=O)NC=Nc2cc(Cl)c(SCc3ccccc3)cc21. The van der Waals surface area contributed by atoms with Crippen molar-refractivity contribution in [2.24, 2.45) is 4.99 Å². The number of nitrogens with zero attached hydrogens (tertiary/aromatic N) is 1. The summed E-state index contributed by atoms with van der Waals surface area (Å²) < 4.78 is 26.2. The fourth-order valence-electron chi connectivity index (χ4n) is 1.92. The van der Waals surface area contributed by atoms with Crippen molar-refractivity contribution in [3.05, 3.63) is 53.1 Å². The fourth-order valence-corrected chi connectivity index (χ4v) is 4.20. The maximum absolute atomic E-state index is 12.0. The summed E-state index contributed by atoms with van der Waals surface area (Å²) in [5.74, 6) is 0.718. The number of benzene rings is 2. The molecule has 3 rings (SSSR count). The van der Waals surface area contributed by atoms with Gasteiger partial charge in [-0.15, -0.1) is 11.8 Å². The minimum atomic E-state index is -3.54. The average molecular weight is 339 g/mol. The van der Waals surface area contributed by atoms with E-state index in [4.69, 9.17) is 11.6 Å². The minimum absolute atomic E-state index is 0.157. The van der Waals surface area contributed by atoms with Crippen LogP contribution in [-0.4, -0.2) is 14.8 Å². The Kier molecular flexibility index (Phi) is 3.93. The second-order valence-electron chi connectivity index (χ2n) is 4.40. The Morgan fingerprint density at radius 2 is 1.95 bits per heavy atom. The van der Waals surface area contributed by atoms with Crippen molar-refractivity contribution in [2.75, 3.05) is 0 Å². The summed E-state index contributed by atoms with van der Waals surface area (Å²) in [6.07, 6.45) is 1.16. The van der Waals surface area contributed by atoms with Crippen molar-refractivity contribution in [3.63, 3.8) is 0 Å². The first-order chi connectivity index (χ1) is 10.1. The number of hydrogen-bond donors (Lipinski definition) is 1. The number of rotatable bonds is 3. The van der Waals surface area contributed by atoms with Crippen molar-refractivity contribution in [1.29, 1.82) is 0 Å². The van der Waals surface area contributed by atoms with Crippen LogP contribution in [0.15, 0.2) is 57.2 Å². The Balaban J connectivity index is 1.92. The molecule has 1 aliphatic heterocycles. The average Bonchev–Trinajstić information content (AvgIpc) is 2.46. The third kappa shape index (κ3) is 3.07. The molecule has 0 unspecified atom stereocenters. The second-order valence-corrected chi connectivity index (χ2v) is 7.51. The molecule has 0 atom stereocenters. The molecule has 0 bridgehead atoms. The van der Waals surface area contributed by atoms with Crippen LogP contribution in [0.1, 0.15) is 5.56 Å². The molecule has 1 N–H and O–H groups in total. The van der Waals surface area contributed by atoms with Gasteiger partial charge in [0.2, 0.25) is 0 Å². The monoisotopic (exact) mass is 338 g/mol. The standard InChI is InChI=1S/C14H11ClN2O2S2/c15-11-6-12-14(21(18,19)17-9-16-12)7-13(11)20-8-10-4-2-1-3-5-10/h1-7,9H,8H2,(H,16,17). The van der Waals surface area contributed by atoms with E-state index in [2.05, 4.69) is 9.71 Å². The molecule has 0 saturated heterocycles. The molecule has 0 saturated carbocycles. The quantitative estimate of drug-likeness (QED) is 0.870. The van der Waals surface area contributed by atoms with E-state index in [1.54, 1.807) is 12.1 Å². The van der Waals surface area contributed by atoms with Gasteiger partial charge in [0.25, 0.3) is 10.0 Å². The Morgan fingerprint density at radius 1 is 1.19 bits per heavy atom. The molecule has 0 aromatic heterocycles. The number of hydrogen-bond acceptors (Lipinski definition) is 4. The highest BCUT2D eigenvalue weighted by atomic mass is 35.5. The zero-order valence-electron chi connectivity index (χ0n) is 10.8. The molecule has 0 spiro atoms. The summed E-state index contributed by atoms with van der Waals surface area (Å²) in [6.45, 7) is 0. The molecule has 4 nitrogen and oxygen atoms in total. The van der Waals surface area contributed by atoms with Crippen molar-refractivity contribution in [1.82, 2.24) is 4.72 Å². The number of aliphatic imine (C=N–C) groups is 1. The first-order valence-corrected chi connectivity index (χ1v) is 8.96. The third-order valence-corrected chi connectivity index (χ3v) is 5.82. The van der Waals surface area contributed by atoms with Gasteiger partial charge in [-0.25, -0.2) is 13.4 Å². The van der Waals surface area contributed by atoms with Gasteiger partial charge in [-0.1, -0.05) is 41.9 Å². The summed E-state index contributed by atoms with van der Waals surface area (Å²) in [7, 11) is -3.54. The Labute approximate surface area is 132 Å². The zero-order valence-corrected chi connectivity index (χ0v) is 13.2. The normalized spacial score (nSPS) is 15.3. The topological polar surface area (TPSA) is 58.5 Å². The van der Waals surface area contributed by atoms with Crippen LogP contribution in [0.2, 0.25) is 5.02 Å². The lowest BCUT2D eigenvalue weighted by Gasteiger charge is -2.14. The van der Waals surface area contributed by atoms with Crippen LogP contribution in [0.25, 0.3) is 0 Å². The van der Waals surface area contributed by atoms with Gasteiger partial charge in [-0.05, 0) is 17.7 Å². The van der Waals surface area contributed by atoms with E-state index in [1.165, 1.54) is 11.8 Å². The van der Waals surface area contributed by atoms with E-state index in [0.717, 1.165) is 22.6 Å². The molecule has 2 aromatic rings. The van der Waals surface area contributed by atoms with Crippen LogP contribution in [0.4, 0.5) is 5.69 Å². The highest BCUT2D eigenvalue weighted by molar-refractivity contribution is 7.98. The summed E-state index contributed by atoms with van der Waals surface area (Å²) in [5.41, 5.74) is 1.51. The van der Waals surface area contributed by atoms with E-state index >= 15 is 0 Å². The minimum Gasteiger partial charge on any atom is -0.270 e. The largest absolute Gasteiger partial charge is 0.270 e. The van der Waals surface area contributed by atoms with Gasteiger partial charge >= 0.3 is 0 Å². The lowest BCUT2D eigenvalue weighted by molar-refractivity contribution is 0.592. The molecule has 1 heterocycles. The lowest BCUT2D eigenvalue weighted by atomic mass is 10.2. The van der Waals surface area contributed by atoms with Crippen molar-refractivity contribution in [3.8, 4) is 0 Å². The predicted octanol–water partition coefficient (Wildman–Crippen LogP) is 3.58. The van der Waals surface area contributed by atoms with Crippen LogP contribution in [0.5, 0.6) is 0 Å². The molecular weight excluding hydrogens is 328 g/mol. The second kappa shape index (κ2) is 5.71. The van der Waals surface area contributed by atoms with E-state index in [1.807, 2.05) is 30.3 Å². The van der Waals surface area contributed by atoms with Gasteiger partial charge in [0, 0.05) is 10.6 Å². The first-order valence-electron chi connectivity index (χ1n) is 6.11. The van der Waals surface area contributed by atoms with Crippen molar-refractivity contribution >= 4 is 45.4 Å². The Bertz CT molecular complexity index is 805. The molecule has 1 aliphatic rings.